The summed E-state index contributed by atoms with van der Waals surface area (Å²) in [7, 11) is 0. The van der Waals surface area contributed by atoms with E-state index in [4.69, 9.17) is 10.4 Å². The first-order valence-corrected chi connectivity index (χ1v) is 6.71. The maximum atomic E-state index is 11.9. The first-order chi connectivity index (χ1) is 8.71. The number of rotatable bonds is 6. The fraction of sp³-hybridized carbons (Fsp3) is 0.385. The van der Waals surface area contributed by atoms with Crippen molar-refractivity contribution in [2.75, 3.05) is 12.4 Å². The number of benzene rings is 1. The lowest BCUT2D eigenvalue weighted by molar-refractivity contribution is 0.0914. The minimum Gasteiger partial charge on any atom is -0.394 e. The van der Waals surface area contributed by atoms with Gasteiger partial charge in [0.1, 0.15) is 0 Å². The van der Waals surface area contributed by atoms with Crippen LogP contribution >= 0.6 is 11.8 Å². The summed E-state index contributed by atoms with van der Waals surface area (Å²) >= 11 is 1.39. The molecule has 18 heavy (non-hydrogen) atoms. The highest BCUT2D eigenvalue weighted by Crippen LogP contribution is 2.18. The molecule has 0 radical (unpaired) electrons. The maximum absolute atomic E-state index is 11.9. The van der Waals surface area contributed by atoms with Crippen LogP contribution in [0, 0.1) is 11.3 Å². The Labute approximate surface area is 111 Å². The molecule has 1 unspecified atom stereocenters. The second-order valence-corrected chi connectivity index (χ2v) is 4.78. The predicted molar refractivity (Wildman–Crippen MR) is 71.4 cm³/mol. The van der Waals surface area contributed by atoms with Gasteiger partial charge in [-0.15, -0.1) is 11.8 Å². The van der Waals surface area contributed by atoms with Crippen LogP contribution in [0.2, 0.25) is 0 Å². The van der Waals surface area contributed by atoms with E-state index in [1.807, 2.05) is 19.1 Å². The molecular formula is C13H16N2O2S. The Morgan fingerprint density at radius 1 is 1.61 bits per heavy atom. The first-order valence-electron chi connectivity index (χ1n) is 5.72. The van der Waals surface area contributed by atoms with E-state index in [1.54, 1.807) is 18.2 Å². The predicted octanol–water partition coefficient (Wildman–Crippen LogP) is 1.80. The van der Waals surface area contributed by atoms with Gasteiger partial charge in [-0.3, -0.25) is 4.79 Å². The first kappa shape index (κ1) is 14.6. The van der Waals surface area contributed by atoms with E-state index >= 15 is 0 Å². The summed E-state index contributed by atoms with van der Waals surface area (Å²) < 4.78 is 0. The molecule has 0 aliphatic carbocycles. The van der Waals surface area contributed by atoms with Gasteiger partial charge in [0.15, 0.2) is 0 Å². The van der Waals surface area contributed by atoms with Gasteiger partial charge >= 0.3 is 0 Å². The molecule has 0 bridgehead atoms. The van der Waals surface area contributed by atoms with Crippen molar-refractivity contribution < 1.29 is 9.90 Å². The Morgan fingerprint density at radius 2 is 2.39 bits per heavy atom. The largest absolute Gasteiger partial charge is 0.394 e. The highest BCUT2D eigenvalue weighted by Gasteiger charge is 2.11. The second kappa shape index (κ2) is 7.75. The van der Waals surface area contributed by atoms with Crippen LogP contribution in [0.1, 0.15) is 23.7 Å². The van der Waals surface area contributed by atoms with Crippen molar-refractivity contribution in [3.8, 4) is 6.07 Å². The van der Waals surface area contributed by atoms with Crippen molar-refractivity contribution in [2.24, 2.45) is 0 Å². The van der Waals surface area contributed by atoms with Crippen LogP contribution in [0.15, 0.2) is 29.2 Å². The molecule has 1 amide bonds. The molecule has 0 aromatic heterocycles. The molecule has 96 valence electrons. The standard InChI is InChI=1S/C13H16N2O2S/c1-2-11(9-16)15-13(17)10-4-3-5-12(8-10)18-7-6-14/h3-5,8,11,16H,2,7,9H2,1H3,(H,15,17). The molecule has 1 aromatic carbocycles. The van der Waals surface area contributed by atoms with Crippen LogP contribution in [0.25, 0.3) is 0 Å². The third-order valence-corrected chi connectivity index (χ3v) is 3.31. The van der Waals surface area contributed by atoms with Crippen molar-refractivity contribution in [3.05, 3.63) is 29.8 Å². The van der Waals surface area contributed by atoms with Gasteiger partial charge in [-0.2, -0.15) is 5.26 Å². The van der Waals surface area contributed by atoms with Crippen molar-refractivity contribution >= 4 is 17.7 Å². The number of carbonyl (C=O) groups is 1. The number of nitriles is 1. The lowest BCUT2D eigenvalue weighted by Crippen LogP contribution is -2.36. The van der Waals surface area contributed by atoms with Gasteiger partial charge in [-0.25, -0.2) is 0 Å². The van der Waals surface area contributed by atoms with Gasteiger partial charge in [0.05, 0.1) is 24.5 Å². The van der Waals surface area contributed by atoms with Crippen molar-refractivity contribution in [3.63, 3.8) is 0 Å². The molecule has 1 aromatic rings. The van der Waals surface area contributed by atoms with E-state index in [0.717, 1.165) is 4.90 Å². The average Bonchev–Trinajstić information content (AvgIpc) is 2.42. The Bertz CT molecular complexity index is 439. The van der Waals surface area contributed by atoms with Gasteiger partial charge in [0, 0.05) is 10.5 Å². The molecule has 2 N–H and O–H groups in total. The number of aliphatic hydroxyl groups is 1. The van der Waals surface area contributed by atoms with Gasteiger partial charge < -0.3 is 10.4 Å². The molecule has 0 saturated carbocycles. The zero-order valence-corrected chi connectivity index (χ0v) is 11.0. The molecule has 1 rings (SSSR count). The number of amides is 1. The monoisotopic (exact) mass is 264 g/mol. The molecule has 0 saturated heterocycles. The molecular weight excluding hydrogens is 248 g/mol. The topological polar surface area (TPSA) is 73.1 Å². The molecule has 0 aliphatic heterocycles. The third-order valence-electron chi connectivity index (χ3n) is 2.45. The van der Waals surface area contributed by atoms with Crippen molar-refractivity contribution in [2.45, 2.75) is 24.3 Å². The molecule has 0 heterocycles. The molecule has 5 heteroatoms. The SMILES string of the molecule is CCC(CO)NC(=O)c1cccc(SCC#N)c1. The van der Waals surface area contributed by atoms with Gasteiger partial charge in [-0.1, -0.05) is 13.0 Å². The zero-order valence-electron chi connectivity index (χ0n) is 10.2. The van der Waals surface area contributed by atoms with Crippen LogP contribution in [0.3, 0.4) is 0 Å². The summed E-state index contributed by atoms with van der Waals surface area (Å²) in [5, 5.41) is 20.3. The fourth-order valence-electron chi connectivity index (χ4n) is 1.39. The minimum atomic E-state index is -0.215. The summed E-state index contributed by atoms with van der Waals surface area (Å²) in [6, 6.07) is 8.95. The summed E-state index contributed by atoms with van der Waals surface area (Å²) in [4.78, 5) is 12.8. The van der Waals surface area contributed by atoms with Gasteiger partial charge in [0.25, 0.3) is 5.91 Å². The van der Waals surface area contributed by atoms with Crippen molar-refractivity contribution in [1.29, 1.82) is 5.26 Å². The summed E-state index contributed by atoms with van der Waals surface area (Å²) in [6.07, 6.45) is 0.686. The van der Waals surface area contributed by atoms with E-state index in [2.05, 4.69) is 5.32 Å². The van der Waals surface area contributed by atoms with Gasteiger partial charge in [-0.05, 0) is 24.6 Å². The highest BCUT2D eigenvalue weighted by molar-refractivity contribution is 7.99. The zero-order chi connectivity index (χ0) is 13.4. The normalized spacial score (nSPS) is 11.6. The summed E-state index contributed by atoms with van der Waals surface area (Å²) in [6.45, 7) is 1.84. The number of aliphatic hydroxyl groups excluding tert-OH is 1. The van der Waals surface area contributed by atoms with Crippen LogP contribution in [0.5, 0.6) is 0 Å². The van der Waals surface area contributed by atoms with Crippen LogP contribution in [-0.2, 0) is 0 Å². The second-order valence-electron chi connectivity index (χ2n) is 3.74. The Hall–Kier alpha value is -1.51. The number of thioether (sulfide) groups is 1. The van der Waals surface area contributed by atoms with Gasteiger partial charge in [0.2, 0.25) is 0 Å². The van der Waals surface area contributed by atoms with Crippen LogP contribution in [-0.4, -0.2) is 29.4 Å². The van der Waals surface area contributed by atoms with E-state index in [-0.39, 0.29) is 18.6 Å². The number of hydrogen-bond acceptors (Lipinski definition) is 4. The Morgan fingerprint density at radius 3 is 3.00 bits per heavy atom. The average molecular weight is 264 g/mol. The fourth-order valence-corrected chi connectivity index (χ4v) is 2.00. The van der Waals surface area contributed by atoms with E-state index in [1.165, 1.54) is 11.8 Å². The maximum Gasteiger partial charge on any atom is 0.251 e. The number of carbonyl (C=O) groups excluding carboxylic acids is 1. The molecule has 0 aliphatic rings. The quantitative estimate of drug-likeness (QED) is 0.768. The molecule has 4 nitrogen and oxygen atoms in total. The summed E-state index contributed by atoms with van der Waals surface area (Å²) in [5.41, 5.74) is 0.546. The number of nitrogens with one attached hydrogen (secondary N) is 1. The van der Waals surface area contributed by atoms with E-state index < -0.39 is 0 Å². The molecule has 1 atom stereocenters. The third kappa shape index (κ3) is 4.40. The number of hydrogen-bond donors (Lipinski definition) is 2. The van der Waals surface area contributed by atoms with E-state index in [9.17, 15) is 4.79 Å². The number of nitrogens with zero attached hydrogens (tertiary/aromatic N) is 1. The Balaban J connectivity index is 2.71. The Kier molecular flexibility index (Phi) is 6.26. The minimum absolute atomic E-state index is 0.0644. The van der Waals surface area contributed by atoms with E-state index in [0.29, 0.717) is 17.7 Å². The van der Waals surface area contributed by atoms with Crippen LogP contribution < -0.4 is 5.32 Å². The van der Waals surface area contributed by atoms with Crippen molar-refractivity contribution in [1.82, 2.24) is 5.32 Å². The molecule has 0 spiro atoms. The van der Waals surface area contributed by atoms with Crippen LogP contribution in [0.4, 0.5) is 0 Å². The lowest BCUT2D eigenvalue weighted by atomic mass is 10.2. The smallest absolute Gasteiger partial charge is 0.251 e. The lowest BCUT2D eigenvalue weighted by Gasteiger charge is -2.14. The highest BCUT2D eigenvalue weighted by atomic mass is 32.2. The molecule has 0 fully saturated rings. The summed E-state index contributed by atoms with van der Waals surface area (Å²) in [5.74, 6) is 0.162.